The molecule has 146 valence electrons. The summed E-state index contributed by atoms with van der Waals surface area (Å²) in [6, 6.07) is 10.5. The average Bonchev–Trinajstić information content (AvgIpc) is 3.43. The maximum atomic E-state index is 13.1. The van der Waals surface area contributed by atoms with Gasteiger partial charge in [-0.3, -0.25) is 9.88 Å². The van der Waals surface area contributed by atoms with Gasteiger partial charge in [-0.1, -0.05) is 0 Å². The normalized spacial score (nSPS) is 21.0. The van der Waals surface area contributed by atoms with E-state index in [9.17, 15) is 4.79 Å². The molecule has 8 nitrogen and oxygen atoms in total. The minimum Gasteiger partial charge on any atom is -0.488 e. The Balaban J connectivity index is 1.48. The molecule has 0 fully saturated rings. The molecule has 5 heterocycles. The van der Waals surface area contributed by atoms with Crippen molar-refractivity contribution in [2.45, 2.75) is 12.1 Å². The van der Waals surface area contributed by atoms with Crippen LogP contribution >= 0.6 is 11.6 Å². The van der Waals surface area contributed by atoms with E-state index >= 15 is 0 Å². The summed E-state index contributed by atoms with van der Waals surface area (Å²) in [5, 5.41) is 0.252. The summed E-state index contributed by atoms with van der Waals surface area (Å²) < 4.78 is 28.2. The van der Waals surface area contributed by atoms with Gasteiger partial charge in [0, 0.05) is 12.3 Å². The summed E-state index contributed by atoms with van der Waals surface area (Å²) in [7, 11) is 0. The van der Waals surface area contributed by atoms with Crippen LogP contribution in [0.1, 0.15) is 17.0 Å². The van der Waals surface area contributed by atoms with Gasteiger partial charge in [0.1, 0.15) is 23.8 Å². The minimum absolute atomic E-state index is 0.113. The number of anilines is 1. The molecule has 3 aromatic rings. The Bertz CT molecular complexity index is 1160. The second-order valence-corrected chi connectivity index (χ2v) is 7.22. The van der Waals surface area contributed by atoms with E-state index in [2.05, 4.69) is 4.98 Å². The first-order valence-corrected chi connectivity index (χ1v) is 9.29. The van der Waals surface area contributed by atoms with Crippen molar-refractivity contribution >= 4 is 23.4 Å². The molecular formula is C20H13ClN2O6. The van der Waals surface area contributed by atoms with Crippen molar-refractivity contribution < 1.29 is 28.2 Å². The third-order valence-corrected chi connectivity index (χ3v) is 5.43. The van der Waals surface area contributed by atoms with Crippen molar-refractivity contribution in [3.63, 3.8) is 0 Å². The monoisotopic (exact) mass is 412 g/mol. The number of pyridine rings is 1. The third kappa shape index (κ3) is 2.32. The number of halogens is 1. The molecule has 6 rings (SSSR count). The maximum absolute atomic E-state index is 13.1. The number of carbonyl (C=O) groups excluding carboxylic acids is 1. The smallest absolute Gasteiger partial charge is 0.416 e. The van der Waals surface area contributed by atoms with E-state index in [1.165, 1.54) is 4.90 Å². The Labute approximate surface area is 169 Å². The number of ether oxygens (including phenoxy) is 4. The van der Waals surface area contributed by atoms with Crippen molar-refractivity contribution in [3.05, 3.63) is 64.8 Å². The summed E-state index contributed by atoms with van der Waals surface area (Å²) in [5.41, 5.74) is 0.706. The third-order valence-electron chi connectivity index (χ3n) is 5.23. The fourth-order valence-electron chi connectivity index (χ4n) is 3.91. The SMILES string of the molecule is O=C1OC2(COc3cc4c(cc32)OCO4)c2ncccc2N1Cc1ccc(Cl)o1. The van der Waals surface area contributed by atoms with E-state index in [0.29, 0.717) is 40.0 Å². The lowest BCUT2D eigenvalue weighted by Crippen LogP contribution is -2.48. The topological polar surface area (TPSA) is 83.3 Å². The van der Waals surface area contributed by atoms with Crippen LogP contribution in [0.3, 0.4) is 0 Å². The largest absolute Gasteiger partial charge is 0.488 e. The summed E-state index contributed by atoms with van der Waals surface area (Å²) in [5.74, 6) is 2.28. The number of hydrogen-bond donors (Lipinski definition) is 0. The molecule has 1 amide bonds. The van der Waals surface area contributed by atoms with Gasteiger partial charge >= 0.3 is 6.09 Å². The molecule has 1 aromatic carbocycles. The molecule has 2 aromatic heterocycles. The molecule has 1 unspecified atom stereocenters. The first-order valence-electron chi connectivity index (χ1n) is 8.91. The van der Waals surface area contributed by atoms with Crippen molar-refractivity contribution in [3.8, 4) is 17.2 Å². The van der Waals surface area contributed by atoms with Gasteiger partial charge in [0.25, 0.3) is 0 Å². The zero-order valence-electron chi connectivity index (χ0n) is 14.9. The van der Waals surface area contributed by atoms with Gasteiger partial charge in [0.15, 0.2) is 16.7 Å². The molecule has 3 aliphatic heterocycles. The van der Waals surface area contributed by atoms with Crippen LogP contribution in [0, 0.1) is 0 Å². The van der Waals surface area contributed by atoms with Crippen LogP contribution in [0.4, 0.5) is 10.5 Å². The molecule has 0 saturated heterocycles. The lowest BCUT2D eigenvalue weighted by Gasteiger charge is -2.38. The van der Waals surface area contributed by atoms with Crippen molar-refractivity contribution in [2.24, 2.45) is 0 Å². The van der Waals surface area contributed by atoms with Crippen LogP contribution in [0.15, 0.2) is 47.0 Å². The molecule has 0 radical (unpaired) electrons. The lowest BCUT2D eigenvalue weighted by molar-refractivity contribution is 0.0184. The highest BCUT2D eigenvalue weighted by Gasteiger charge is 2.54. The molecule has 0 saturated carbocycles. The van der Waals surface area contributed by atoms with Gasteiger partial charge in [0.2, 0.25) is 12.4 Å². The summed E-state index contributed by atoms with van der Waals surface area (Å²) in [4.78, 5) is 19.1. The van der Waals surface area contributed by atoms with Crippen LogP contribution in [0.25, 0.3) is 0 Å². The van der Waals surface area contributed by atoms with E-state index in [-0.39, 0.29) is 25.2 Å². The number of furan rings is 1. The zero-order chi connectivity index (χ0) is 19.6. The summed E-state index contributed by atoms with van der Waals surface area (Å²) in [6.45, 7) is 0.413. The second kappa shape index (κ2) is 5.81. The Morgan fingerprint density at radius 1 is 1.10 bits per heavy atom. The van der Waals surface area contributed by atoms with Gasteiger partial charge in [-0.25, -0.2) is 4.79 Å². The average molecular weight is 413 g/mol. The van der Waals surface area contributed by atoms with Crippen molar-refractivity contribution in [1.29, 1.82) is 0 Å². The maximum Gasteiger partial charge on any atom is 0.416 e. The summed E-state index contributed by atoms with van der Waals surface area (Å²) >= 11 is 5.86. The Morgan fingerprint density at radius 3 is 2.79 bits per heavy atom. The van der Waals surface area contributed by atoms with E-state index in [1.54, 1.807) is 36.5 Å². The number of amides is 1. The molecule has 9 heteroatoms. The van der Waals surface area contributed by atoms with Gasteiger partial charge in [0.05, 0.1) is 17.8 Å². The Hall–Kier alpha value is -3.39. The number of hydrogen-bond acceptors (Lipinski definition) is 7. The fourth-order valence-corrected chi connectivity index (χ4v) is 4.08. The lowest BCUT2D eigenvalue weighted by atomic mass is 9.89. The first-order chi connectivity index (χ1) is 14.1. The van der Waals surface area contributed by atoms with Gasteiger partial charge in [-0.2, -0.15) is 0 Å². The molecule has 1 spiro atoms. The molecule has 0 N–H and O–H groups in total. The molecule has 3 aliphatic rings. The number of aromatic nitrogens is 1. The van der Waals surface area contributed by atoms with Crippen molar-refractivity contribution in [2.75, 3.05) is 18.3 Å². The molecule has 1 atom stereocenters. The van der Waals surface area contributed by atoms with Crippen LogP contribution < -0.4 is 19.1 Å². The Kier molecular flexibility index (Phi) is 3.31. The van der Waals surface area contributed by atoms with Gasteiger partial charge < -0.3 is 23.4 Å². The standard InChI is InChI=1S/C20H13ClN2O6/c21-17-4-3-11(28-17)8-23-13-2-1-5-22-18(13)20(29-19(23)24)9-25-14-7-16-15(6-12(14)20)26-10-27-16/h1-7H,8-10H2. The highest BCUT2D eigenvalue weighted by molar-refractivity contribution is 6.28. The van der Waals surface area contributed by atoms with E-state index in [0.717, 1.165) is 0 Å². The van der Waals surface area contributed by atoms with Crippen LogP contribution in [-0.2, 0) is 16.9 Å². The van der Waals surface area contributed by atoms with Gasteiger partial charge in [-0.15, -0.1) is 0 Å². The van der Waals surface area contributed by atoms with Gasteiger partial charge in [-0.05, 0) is 41.9 Å². The number of nitrogens with zero attached hydrogens (tertiary/aromatic N) is 2. The first kappa shape index (κ1) is 16.6. The molecular weight excluding hydrogens is 400 g/mol. The fraction of sp³-hybridized carbons (Fsp3) is 0.200. The van der Waals surface area contributed by atoms with E-state index < -0.39 is 11.7 Å². The van der Waals surface area contributed by atoms with E-state index in [1.807, 2.05) is 6.07 Å². The van der Waals surface area contributed by atoms with Crippen LogP contribution in [0.5, 0.6) is 17.2 Å². The number of carbonyl (C=O) groups is 1. The van der Waals surface area contributed by atoms with E-state index in [4.69, 9.17) is 35.0 Å². The number of benzene rings is 1. The summed E-state index contributed by atoms with van der Waals surface area (Å²) in [6.07, 6.45) is 1.12. The molecule has 0 bridgehead atoms. The van der Waals surface area contributed by atoms with Crippen molar-refractivity contribution in [1.82, 2.24) is 4.98 Å². The molecule has 0 aliphatic carbocycles. The predicted octanol–water partition coefficient (Wildman–Crippen LogP) is 3.85. The Morgan fingerprint density at radius 2 is 1.97 bits per heavy atom. The quantitative estimate of drug-likeness (QED) is 0.632. The highest BCUT2D eigenvalue weighted by atomic mass is 35.5. The number of rotatable bonds is 2. The zero-order valence-corrected chi connectivity index (χ0v) is 15.6. The minimum atomic E-state index is -1.17. The number of fused-ring (bicyclic) bond motifs is 5. The van der Waals surface area contributed by atoms with Crippen LogP contribution in [-0.4, -0.2) is 24.5 Å². The van der Waals surface area contributed by atoms with Crippen LogP contribution in [0.2, 0.25) is 5.22 Å². The highest BCUT2D eigenvalue weighted by Crippen LogP contribution is 2.53. The second-order valence-electron chi connectivity index (χ2n) is 6.85. The predicted molar refractivity (Wildman–Crippen MR) is 99.5 cm³/mol. The molecule has 29 heavy (non-hydrogen) atoms.